The molecule has 2 aliphatic heterocycles. The van der Waals surface area contributed by atoms with Crippen LogP contribution in [0.25, 0.3) is 0 Å². The standard InChI is InChI=1S/C23H28N6O5/c1-4-34-21(31)18-19(15-6-7-16(32-2)17(14-15)33-3)26-23(27-20(18)30)29-12-10-28(11-13-29)22-24-8-5-9-25-22/h5-9,14,18-19H,4,10-13H2,1-3H3,(H,26,27,30)/t18-,19-/m0/s1. The molecular formula is C23H28N6O5. The number of piperazine rings is 1. The molecule has 0 bridgehead atoms. The Morgan fingerprint density at radius 1 is 1.06 bits per heavy atom. The lowest BCUT2D eigenvalue weighted by molar-refractivity contribution is -0.153. The first-order valence-corrected chi connectivity index (χ1v) is 11.1. The Kier molecular flexibility index (Phi) is 7.09. The third-order valence-electron chi connectivity index (χ3n) is 5.80. The second-order valence-electron chi connectivity index (χ2n) is 7.75. The molecule has 0 aliphatic carbocycles. The Labute approximate surface area is 197 Å². The number of ether oxygens (including phenoxy) is 3. The highest BCUT2D eigenvalue weighted by atomic mass is 16.5. The van der Waals surface area contributed by atoms with Crippen LogP contribution in [-0.4, -0.2) is 79.7 Å². The fourth-order valence-corrected chi connectivity index (χ4v) is 4.08. The van der Waals surface area contributed by atoms with Gasteiger partial charge in [0.05, 0.1) is 20.8 Å². The number of benzene rings is 1. The minimum atomic E-state index is -1.11. The molecule has 0 unspecified atom stereocenters. The highest BCUT2D eigenvalue weighted by Crippen LogP contribution is 2.36. The number of hydrogen-bond acceptors (Lipinski definition) is 10. The molecule has 1 fully saturated rings. The first-order chi connectivity index (χ1) is 16.5. The third kappa shape index (κ3) is 4.73. The maximum atomic E-state index is 13.1. The lowest BCUT2D eigenvalue weighted by atomic mass is 9.91. The number of anilines is 1. The van der Waals surface area contributed by atoms with Crippen LogP contribution in [0.4, 0.5) is 5.95 Å². The summed E-state index contributed by atoms with van der Waals surface area (Å²) in [7, 11) is 3.08. The molecular weight excluding hydrogens is 440 g/mol. The number of nitrogens with one attached hydrogen (secondary N) is 1. The van der Waals surface area contributed by atoms with E-state index in [-0.39, 0.29) is 6.61 Å². The fourth-order valence-electron chi connectivity index (χ4n) is 4.08. The molecule has 1 aromatic carbocycles. The molecule has 1 N–H and O–H groups in total. The van der Waals surface area contributed by atoms with Crippen LogP contribution < -0.4 is 19.7 Å². The van der Waals surface area contributed by atoms with E-state index < -0.39 is 23.8 Å². The van der Waals surface area contributed by atoms with Crippen molar-refractivity contribution >= 4 is 23.8 Å². The predicted molar refractivity (Wildman–Crippen MR) is 124 cm³/mol. The molecule has 0 radical (unpaired) electrons. The van der Waals surface area contributed by atoms with Gasteiger partial charge in [0.1, 0.15) is 6.04 Å². The van der Waals surface area contributed by atoms with E-state index in [4.69, 9.17) is 19.2 Å². The molecule has 2 aromatic rings. The number of carbonyl (C=O) groups is 2. The number of amides is 1. The summed E-state index contributed by atoms with van der Waals surface area (Å²) in [6, 6.07) is 6.26. The summed E-state index contributed by atoms with van der Waals surface area (Å²) in [5.41, 5.74) is 0.652. The lowest BCUT2D eigenvalue weighted by Gasteiger charge is -2.38. The molecule has 4 rings (SSSR count). The van der Waals surface area contributed by atoms with Crippen LogP contribution in [0.2, 0.25) is 0 Å². The van der Waals surface area contributed by atoms with E-state index in [1.807, 2.05) is 4.90 Å². The maximum Gasteiger partial charge on any atom is 0.321 e. The van der Waals surface area contributed by atoms with Crippen LogP contribution in [0, 0.1) is 5.92 Å². The molecule has 1 aromatic heterocycles. The number of carbonyl (C=O) groups excluding carboxylic acids is 2. The molecule has 1 saturated heterocycles. The first kappa shape index (κ1) is 23.3. The minimum Gasteiger partial charge on any atom is -0.493 e. The summed E-state index contributed by atoms with van der Waals surface area (Å²) in [6.45, 7) is 4.43. The second kappa shape index (κ2) is 10.4. The van der Waals surface area contributed by atoms with Crippen LogP contribution >= 0.6 is 0 Å². The largest absolute Gasteiger partial charge is 0.493 e. The van der Waals surface area contributed by atoms with Crippen molar-refractivity contribution in [3.05, 3.63) is 42.2 Å². The maximum absolute atomic E-state index is 13.1. The van der Waals surface area contributed by atoms with E-state index in [1.165, 1.54) is 7.11 Å². The van der Waals surface area contributed by atoms with E-state index in [0.717, 1.165) is 0 Å². The van der Waals surface area contributed by atoms with E-state index in [0.29, 0.717) is 55.1 Å². The van der Waals surface area contributed by atoms with Crippen LogP contribution in [0.5, 0.6) is 11.5 Å². The van der Waals surface area contributed by atoms with Gasteiger partial charge in [0, 0.05) is 38.6 Å². The predicted octanol–water partition coefficient (Wildman–Crippen LogP) is 1.02. The van der Waals surface area contributed by atoms with Crippen molar-refractivity contribution in [2.45, 2.75) is 13.0 Å². The summed E-state index contributed by atoms with van der Waals surface area (Å²) in [5.74, 6) is -0.0442. The highest BCUT2D eigenvalue weighted by Gasteiger charge is 2.42. The molecule has 0 spiro atoms. The zero-order valence-corrected chi connectivity index (χ0v) is 19.4. The first-order valence-electron chi connectivity index (χ1n) is 11.1. The van der Waals surface area contributed by atoms with Gasteiger partial charge < -0.3 is 24.0 Å². The van der Waals surface area contributed by atoms with Crippen molar-refractivity contribution in [1.29, 1.82) is 0 Å². The third-order valence-corrected chi connectivity index (χ3v) is 5.80. The fraction of sp³-hybridized carbons (Fsp3) is 0.435. The zero-order chi connectivity index (χ0) is 24.1. The van der Waals surface area contributed by atoms with Gasteiger partial charge in [-0.1, -0.05) is 6.07 Å². The number of methoxy groups -OCH3 is 2. The highest BCUT2D eigenvalue weighted by molar-refractivity contribution is 6.08. The summed E-state index contributed by atoms with van der Waals surface area (Å²) in [5, 5.41) is 2.81. The van der Waals surface area contributed by atoms with Gasteiger partial charge in [-0.2, -0.15) is 0 Å². The van der Waals surface area contributed by atoms with Crippen molar-refractivity contribution in [3.8, 4) is 11.5 Å². The topological polar surface area (TPSA) is 118 Å². The number of hydrogen-bond donors (Lipinski definition) is 1. The zero-order valence-electron chi connectivity index (χ0n) is 19.4. The Morgan fingerprint density at radius 2 is 1.74 bits per heavy atom. The van der Waals surface area contributed by atoms with Crippen LogP contribution in [0.15, 0.2) is 41.7 Å². The molecule has 0 saturated carbocycles. The second-order valence-corrected chi connectivity index (χ2v) is 7.75. The van der Waals surface area contributed by atoms with E-state index in [1.54, 1.807) is 50.7 Å². The van der Waals surface area contributed by atoms with Gasteiger partial charge in [-0.25, -0.2) is 15.0 Å². The molecule has 34 heavy (non-hydrogen) atoms. The number of aliphatic imine (C=N–C) groups is 1. The Bertz CT molecular complexity index is 1060. The average Bonchev–Trinajstić information content (AvgIpc) is 2.88. The molecule has 3 heterocycles. The number of esters is 1. The van der Waals surface area contributed by atoms with Crippen molar-refractivity contribution in [2.75, 3.05) is 51.9 Å². The van der Waals surface area contributed by atoms with Gasteiger partial charge in [-0.05, 0) is 30.7 Å². The molecule has 11 heteroatoms. The summed E-state index contributed by atoms with van der Waals surface area (Å²) in [6.07, 6.45) is 3.42. The molecule has 1 amide bonds. The van der Waals surface area contributed by atoms with Gasteiger partial charge in [0.15, 0.2) is 17.4 Å². The number of nitrogens with zero attached hydrogens (tertiary/aromatic N) is 5. The van der Waals surface area contributed by atoms with Crippen LogP contribution in [0.3, 0.4) is 0 Å². The minimum absolute atomic E-state index is 0.168. The van der Waals surface area contributed by atoms with Gasteiger partial charge in [0.25, 0.3) is 0 Å². The van der Waals surface area contributed by atoms with Crippen LogP contribution in [0.1, 0.15) is 18.5 Å². The number of rotatable bonds is 6. The van der Waals surface area contributed by atoms with Gasteiger partial charge in [-0.3, -0.25) is 14.9 Å². The van der Waals surface area contributed by atoms with E-state index >= 15 is 0 Å². The normalized spacial score (nSPS) is 20.3. The summed E-state index contributed by atoms with van der Waals surface area (Å²) >= 11 is 0. The van der Waals surface area contributed by atoms with Crippen molar-refractivity contribution in [3.63, 3.8) is 0 Å². The Morgan fingerprint density at radius 3 is 2.38 bits per heavy atom. The number of guanidine groups is 1. The van der Waals surface area contributed by atoms with E-state index in [9.17, 15) is 9.59 Å². The summed E-state index contributed by atoms with van der Waals surface area (Å²) < 4.78 is 15.9. The molecule has 2 atom stereocenters. The van der Waals surface area contributed by atoms with Gasteiger partial charge in [-0.15, -0.1) is 0 Å². The smallest absolute Gasteiger partial charge is 0.321 e. The lowest BCUT2D eigenvalue weighted by Crippen LogP contribution is -2.57. The van der Waals surface area contributed by atoms with Crippen molar-refractivity contribution < 1.29 is 23.8 Å². The average molecular weight is 469 g/mol. The van der Waals surface area contributed by atoms with Crippen LogP contribution in [-0.2, 0) is 14.3 Å². The van der Waals surface area contributed by atoms with E-state index in [2.05, 4.69) is 20.2 Å². The Balaban J connectivity index is 1.61. The Hall–Kier alpha value is -3.89. The summed E-state index contributed by atoms with van der Waals surface area (Å²) in [4.78, 5) is 43.3. The molecule has 180 valence electrons. The molecule has 2 aliphatic rings. The van der Waals surface area contributed by atoms with Gasteiger partial charge in [0.2, 0.25) is 17.8 Å². The monoisotopic (exact) mass is 468 g/mol. The quantitative estimate of drug-likeness (QED) is 0.490. The van der Waals surface area contributed by atoms with Crippen molar-refractivity contribution in [1.82, 2.24) is 20.2 Å². The molecule has 11 nitrogen and oxygen atoms in total. The number of aromatic nitrogens is 2. The van der Waals surface area contributed by atoms with Crippen molar-refractivity contribution in [2.24, 2.45) is 10.9 Å². The van der Waals surface area contributed by atoms with Gasteiger partial charge >= 0.3 is 5.97 Å². The SMILES string of the molecule is CCOC(=O)[C@@H]1C(=O)NC(N2CCN(c3ncccn3)CC2)=N[C@H]1c1ccc(OC)c(OC)c1.